The molecule has 2 rings (SSSR count). The molecule has 2 aromatic rings. The molecule has 0 saturated carbocycles. The fraction of sp³-hybridized carbons (Fsp3) is 0.0370. The van der Waals surface area contributed by atoms with Crippen LogP contribution in [0.2, 0.25) is 0 Å². The van der Waals surface area contributed by atoms with Gasteiger partial charge < -0.3 is 0 Å². The molecule has 0 heterocycles. The van der Waals surface area contributed by atoms with Gasteiger partial charge in [-0.05, 0) is 18.1 Å². The third kappa shape index (κ3) is 25.0. The van der Waals surface area contributed by atoms with Crippen LogP contribution in [0.5, 0.6) is 0 Å². The van der Waals surface area contributed by atoms with Crippen molar-refractivity contribution in [3.63, 3.8) is 0 Å². The monoisotopic (exact) mass is 358 g/mol. The van der Waals surface area contributed by atoms with Gasteiger partial charge >= 0.3 is 0 Å². The highest BCUT2D eigenvalue weighted by molar-refractivity contribution is 5.46. The summed E-state index contributed by atoms with van der Waals surface area (Å²) >= 11 is 0. The molecule has 0 aliphatic carbocycles. The first kappa shape index (κ1) is 28.4. The van der Waals surface area contributed by atoms with E-state index < -0.39 is 0 Å². The third-order valence-electron chi connectivity index (χ3n) is 2.59. The lowest BCUT2D eigenvalue weighted by molar-refractivity contribution is 1.58. The fourth-order valence-electron chi connectivity index (χ4n) is 1.18. The molecular weight excluding hydrogens is 324 g/mol. The first-order chi connectivity index (χ1) is 13.0. The molecule has 0 nitrogen and oxygen atoms in total. The number of rotatable bonds is 4. The van der Waals surface area contributed by atoms with Gasteiger partial charge in [0, 0.05) is 0 Å². The van der Waals surface area contributed by atoms with Gasteiger partial charge in [0.1, 0.15) is 0 Å². The van der Waals surface area contributed by atoms with E-state index in [9.17, 15) is 0 Å². The van der Waals surface area contributed by atoms with E-state index in [1.807, 2.05) is 79.7 Å². The zero-order chi connectivity index (χ0) is 21.3. The van der Waals surface area contributed by atoms with E-state index in [0.29, 0.717) is 0 Å². The van der Waals surface area contributed by atoms with Crippen molar-refractivity contribution in [3.8, 4) is 0 Å². The van der Waals surface area contributed by atoms with Crippen LogP contribution in [0.25, 0.3) is 12.2 Å². The summed E-state index contributed by atoms with van der Waals surface area (Å²) in [6, 6.07) is 20.1. The summed E-state index contributed by atoms with van der Waals surface area (Å²) in [5.74, 6) is 0. The van der Waals surface area contributed by atoms with Crippen LogP contribution in [0.15, 0.2) is 137 Å². The van der Waals surface area contributed by atoms with E-state index in [2.05, 4.69) is 52.6 Å². The highest BCUT2D eigenvalue weighted by Gasteiger charge is 1.76. The van der Waals surface area contributed by atoms with Crippen LogP contribution in [-0.2, 0) is 0 Å². The number of hydrogen-bond acceptors (Lipinski definition) is 0. The Balaban J connectivity index is -0.000000287. The maximum atomic E-state index is 3.63. The number of benzene rings is 2. The molecule has 0 aliphatic heterocycles. The summed E-state index contributed by atoms with van der Waals surface area (Å²) < 4.78 is 0. The third-order valence-corrected chi connectivity index (χ3v) is 2.59. The second-order valence-electron chi connectivity index (χ2n) is 4.75. The quantitative estimate of drug-likeness (QED) is 0.379. The molecule has 0 unspecified atom stereocenters. The van der Waals surface area contributed by atoms with E-state index in [0.717, 1.165) is 5.57 Å². The van der Waals surface area contributed by atoms with Crippen LogP contribution < -0.4 is 0 Å². The van der Waals surface area contributed by atoms with Gasteiger partial charge in [0.05, 0.1) is 0 Å². The van der Waals surface area contributed by atoms with E-state index >= 15 is 0 Å². The Hall–Kier alpha value is -3.38. The molecule has 27 heavy (non-hydrogen) atoms. The molecule has 0 radical (unpaired) electrons. The number of hydrogen-bond donors (Lipinski definition) is 0. The van der Waals surface area contributed by atoms with Crippen molar-refractivity contribution in [1.82, 2.24) is 0 Å². The molecule has 0 amide bonds. The largest absolute Gasteiger partial charge is 0.106 e. The Morgan fingerprint density at radius 1 is 0.630 bits per heavy atom. The SMILES string of the molecule is C=C.C=CC(=C)C.C=CC=C.C=Cc1ccccc1.C=Cc1ccccc1. The summed E-state index contributed by atoms with van der Waals surface area (Å²) in [7, 11) is 0. The molecule has 142 valence electrons. The molecule has 0 saturated heterocycles. The molecule has 0 spiro atoms. The lowest BCUT2D eigenvalue weighted by atomic mass is 10.2. The summed E-state index contributed by atoms with van der Waals surface area (Å²) in [6.45, 7) is 28.9. The summed E-state index contributed by atoms with van der Waals surface area (Å²) in [5, 5.41) is 0. The molecule has 0 atom stereocenters. The van der Waals surface area contributed by atoms with Crippen molar-refractivity contribution < 1.29 is 0 Å². The highest BCUT2D eigenvalue weighted by Crippen LogP contribution is 1.98. The lowest BCUT2D eigenvalue weighted by Gasteiger charge is -1.85. The standard InChI is InChI=1S/2C8H8.C5H8.C4H6.C2H4/c2*1-2-8-6-4-3-5-7-8;1-4-5(2)3;1-3-4-2;1-2/h2*2-7H,1H2;4H,1-2H2,3H3;3-4H,1-2H2;1-2H2. The van der Waals surface area contributed by atoms with Gasteiger partial charge in [0.2, 0.25) is 0 Å². The minimum Gasteiger partial charge on any atom is -0.106 e. The Morgan fingerprint density at radius 2 is 0.889 bits per heavy atom. The fourth-order valence-corrected chi connectivity index (χ4v) is 1.18. The second kappa shape index (κ2) is 24.9. The van der Waals surface area contributed by atoms with Gasteiger partial charge in [-0.3, -0.25) is 0 Å². The van der Waals surface area contributed by atoms with Gasteiger partial charge in [-0.2, -0.15) is 0 Å². The molecule has 0 aliphatic rings. The predicted octanol–water partition coefficient (Wildman–Crippen LogP) is 8.57. The van der Waals surface area contributed by atoms with Crippen molar-refractivity contribution >= 4 is 12.2 Å². The molecule has 0 N–H and O–H groups in total. The Morgan fingerprint density at radius 3 is 1.00 bits per heavy atom. The van der Waals surface area contributed by atoms with Crippen LogP contribution in [-0.4, -0.2) is 0 Å². The molecular formula is C27H34. The minimum atomic E-state index is 1.02. The lowest BCUT2D eigenvalue weighted by Crippen LogP contribution is -1.63. The maximum Gasteiger partial charge on any atom is -0.0263 e. The predicted molar refractivity (Wildman–Crippen MR) is 130 cm³/mol. The molecule has 0 bridgehead atoms. The Kier molecular flexibility index (Phi) is 26.2. The zero-order valence-electron chi connectivity index (χ0n) is 16.8. The van der Waals surface area contributed by atoms with Crippen LogP contribution >= 0.6 is 0 Å². The summed E-state index contributed by atoms with van der Waals surface area (Å²) in [4.78, 5) is 0. The van der Waals surface area contributed by atoms with E-state index in [4.69, 9.17) is 0 Å². The maximum absolute atomic E-state index is 3.63. The average Bonchev–Trinajstić information content (AvgIpc) is 2.77. The van der Waals surface area contributed by atoms with Crippen molar-refractivity contribution in [3.05, 3.63) is 148 Å². The molecule has 0 aromatic heterocycles. The van der Waals surface area contributed by atoms with Crippen molar-refractivity contribution in [2.24, 2.45) is 0 Å². The van der Waals surface area contributed by atoms with Crippen LogP contribution in [0, 0.1) is 0 Å². The van der Waals surface area contributed by atoms with Gasteiger partial charge in [-0.1, -0.05) is 136 Å². The first-order valence-corrected chi connectivity index (χ1v) is 8.42. The smallest absolute Gasteiger partial charge is 0.0263 e. The normalized spacial score (nSPS) is 7.15. The highest BCUT2D eigenvalue weighted by atomic mass is 13.8. The minimum absolute atomic E-state index is 1.02. The summed E-state index contributed by atoms with van der Waals surface area (Å²) in [5.41, 5.74) is 3.37. The molecule has 2 aromatic carbocycles. The van der Waals surface area contributed by atoms with Crippen molar-refractivity contribution in [2.45, 2.75) is 6.92 Å². The van der Waals surface area contributed by atoms with Gasteiger partial charge in [-0.25, -0.2) is 0 Å². The summed E-state index contributed by atoms with van der Waals surface area (Å²) in [6.07, 6.45) is 8.67. The average molecular weight is 359 g/mol. The Bertz CT molecular complexity index is 581. The van der Waals surface area contributed by atoms with Gasteiger partial charge in [0.15, 0.2) is 0 Å². The Labute approximate surface area is 167 Å². The van der Waals surface area contributed by atoms with E-state index in [1.54, 1.807) is 18.2 Å². The van der Waals surface area contributed by atoms with Crippen LogP contribution in [0.1, 0.15) is 18.1 Å². The topological polar surface area (TPSA) is 0 Å². The van der Waals surface area contributed by atoms with Gasteiger partial charge in [-0.15, -0.1) is 13.2 Å². The zero-order valence-corrected chi connectivity index (χ0v) is 16.8. The van der Waals surface area contributed by atoms with Crippen molar-refractivity contribution in [2.75, 3.05) is 0 Å². The number of allylic oxidation sites excluding steroid dienone is 4. The molecule has 0 heteroatoms. The first-order valence-electron chi connectivity index (χ1n) is 8.42. The van der Waals surface area contributed by atoms with Crippen molar-refractivity contribution in [1.29, 1.82) is 0 Å². The van der Waals surface area contributed by atoms with Crippen LogP contribution in [0.3, 0.4) is 0 Å². The van der Waals surface area contributed by atoms with E-state index in [1.165, 1.54) is 11.1 Å². The second-order valence-corrected chi connectivity index (χ2v) is 4.75. The van der Waals surface area contributed by atoms with E-state index in [-0.39, 0.29) is 0 Å². The van der Waals surface area contributed by atoms with Crippen LogP contribution in [0.4, 0.5) is 0 Å². The van der Waals surface area contributed by atoms with Gasteiger partial charge in [0.25, 0.3) is 0 Å². The molecule has 0 fully saturated rings.